The van der Waals surface area contributed by atoms with Gasteiger partial charge in [0.05, 0.1) is 0 Å². The van der Waals surface area contributed by atoms with E-state index in [-0.39, 0.29) is 6.04 Å². The fourth-order valence-corrected chi connectivity index (χ4v) is 2.29. The molecule has 0 heterocycles. The molecule has 2 N–H and O–H groups in total. The van der Waals surface area contributed by atoms with Gasteiger partial charge in [-0.2, -0.15) is 0 Å². The van der Waals surface area contributed by atoms with Gasteiger partial charge in [0.25, 0.3) is 0 Å². The SMILES string of the molecule is Cc1cccc(CC(N)C(C)c2ccccc2)c1. The summed E-state index contributed by atoms with van der Waals surface area (Å²) in [6.07, 6.45) is 0.928. The van der Waals surface area contributed by atoms with Crippen LogP contribution in [0.5, 0.6) is 0 Å². The Hall–Kier alpha value is -1.60. The molecule has 2 rings (SSSR count). The van der Waals surface area contributed by atoms with Crippen molar-refractivity contribution in [2.75, 3.05) is 0 Å². The molecular weight excluding hydrogens is 218 g/mol. The van der Waals surface area contributed by atoms with E-state index in [1.165, 1.54) is 16.7 Å². The summed E-state index contributed by atoms with van der Waals surface area (Å²) in [5.41, 5.74) is 10.3. The van der Waals surface area contributed by atoms with E-state index in [1.807, 2.05) is 6.07 Å². The molecule has 0 radical (unpaired) electrons. The highest BCUT2D eigenvalue weighted by atomic mass is 14.6. The van der Waals surface area contributed by atoms with Crippen LogP contribution < -0.4 is 5.73 Å². The van der Waals surface area contributed by atoms with E-state index in [0.717, 1.165) is 6.42 Å². The molecule has 0 saturated heterocycles. The van der Waals surface area contributed by atoms with Crippen molar-refractivity contribution in [1.29, 1.82) is 0 Å². The zero-order valence-corrected chi connectivity index (χ0v) is 11.1. The second-order valence-corrected chi connectivity index (χ2v) is 5.06. The fourth-order valence-electron chi connectivity index (χ4n) is 2.29. The predicted molar refractivity (Wildman–Crippen MR) is 77.7 cm³/mol. The highest BCUT2D eigenvalue weighted by Gasteiger charge is 2.14. The molecule has 18 heavy (non-hydrogen) atoms. The van der Waals surface area contributed by atoms with Gasteiger partial charge in [0, 0.05) is 6.04 Å². The van der Waals surface area contributed by atoms with Gasteiger partial charge in [-0.1, -0.05) is 67.1 Å². The first-order valence-electron chi connectivity index (χ1n) is 6.53. The summed E-state index contributed by atoms with van der Waals surface area (Å²) in [5.74, 6) is 0.381. The summed E-state index contributed by atoms with van der Waals surface area (Å²) in [6.45, 7) is 4.32. The lowest BCUT2D eigenvalue weighted by molar-refractivity contribution is 0.564. The van der Waals surface area contributed by atoms with Crippen molar-refractivity contribution in [2.45, 2.75) is 32.2 Å². The smallest absolute Gasteiger partial charge is 0.0146 e. The number of rotatable bonds is 4. The monoisotopic (exact) mass is 239 g/mol. The normalized spacial score (nSPS) is 14.2. The molecule has 0 aliphatic rings. The van der Waals surface area contributed by atoms with Crippen LogP contribution in [-0.4, -0.2) is 6.04 Å². The molecule has 0 aliphatic heterocycles. The van der Waals surface area contributed by atoms with E-state index >= 15 is 0 Å². The first kappa shape index (κ1) is 12.8. The summed E-state index contributed by atoms with van der Waals surface area (Å²) < 4.78 is 0. The van der Waals surface area contributed by atoms with E-state index in [0.29, 0.717) is 5.92 Å². The molecule has 1 heteroatoms. The molecule has 0 saturated carbocycles. The Morgan fingerprint density at radius 1 is 1.00 bits per heavy atom. The first-order valence-corrected chi connectivity index (χ1v) is 6.53. The minimum atomic E-state index is 0.161. The molecule has 2 aromatic rings. The summed E-state index contributed by atoms with van der Waals surface area (Å²) in [4.78, 5) is 0. The maximum absolute atomic E-state index is 6.33. The van der Waals surface area contributed by atoms with E-state index in [4.69, 9.17) is 5.73 Å². The van der Waals surface area contributed by atoms with E-state index in [1.54, 1.807) is 0 Å². The van der Waals surface area contributed by atoms with Gasteiger partial charge >= 0.3 is 0 Å². The van der Waals surface area contributed by atoms with E-state index < -0.39 is 0 Å². The van der Waals surface area contributed by atoms with Gasteiger partial charge in [-0.15, -0.1) is 0 Å². The number of hydrogen-bond acceptors (Lipinski definition) is 1. The van der Waals surface area contributed by atoms with Crippen LogP contribution in [0.2, 0.25) is 0 Å². The lowest BCUT2D eigenvalue weighted by Gasteiger charge is -2.20. The maximum Gasteiger partial charge on any atom is 0.0146 e. The zero-order chi connectivity index (χ0) is 13.0. The van der Waals surface area contributed by atoms with Crippen LogP contribution in [0.25, 0.3) is 0 Å². The van der Waals surface area contributed by atoms with Crippen LogP contribution in [0, 0.1) is 6.92 Å². The average Bonchev–Trinajstić information content (AvgIpc) is 2.39. The lowest BCUT2D eigenvalue weighted by atomic mass is 9.89. The topological polar surface area (TPSA) is 26.0 Å². The highest BCUT2D eigenvalue weighted by Crippen LogP contribution is 2.20. The summed E-state index contributed by atoms with van der Waals surface area (Å²) in [7, 11) is 0. The van der Waals surface area contributed by atoms with Gasteiger partial charge in [-0.05, 0) is 30.4 Å². The number of nitrogens with two attached hydrogens (primary N) is 1. The second kappa shape index (κ2) is 5.83. The van der Waals surface area contributed by atoms with E-state index in [2.05, 4.69) is 62.4 Å². The summed E-state index contributed by atoms with van der Waals surface area (Å²) in [6, 6.07) is 19.3. The van der Waals surface area contributed by atoms with Crippen molar-refractivity contribution < 1.29 is 0 Å². The third-order valence-corrected chi connectivity index (χ3v) is 3.52. The molecule has 2 unspecified atom stereocenters. The van der Waals surface area contributed by atoms with Crippen molar-refractivity contribution in [3.8, 4) is 0 Å². The quantitative estimate of drug-likeness (QED) is 0.865. The molecule has 0 spiro atoms. The zero-order valence-electron chi connectivity index (χ0n) is 11.1. The summed E-state index contributed by atoms with van der Waals surface area (Å²) in [5, 5.41) is 0. The minimum Gasteiger partial charge on any atom is -0.327 e. The summed E-state index contributed by atoms with van der Waals surface area (Å²) >= 11 is 0. The Bertz CT molecular complexity index is 490. The van der Waals surface area contributed by atoms with Gasteiger partial charge in [-0.25, -0.2) is 0 Å². The van der Waals surface area contributed by atoms with Crippen LogP contribution in [0.3, 0.4) is 0 Å². The third kappa shape index (κ3) is 3.21. The lowest BCUT2D eigenvalue weighted by Crippen LogP contribution is -2.29. The molecule has 94 valence electrons. The van der Waals surface area contributed by atoms with Crippen LogP contribution in [0.15, 0.2) is 54.6 Å². The van der Waals surface area contributed by atoms with Gasteiger partial charge in [0.15, 0.2) is 0 Å². The molecular formula is C17H21N. The highest BCUT2D eigenvalue weighted by molar-refractivity contribution is 5.25. The fraction of sp³-hybridized carbons (Fsp3) is 0.294. The molecule has 0 aliphatic carbocycles. The van der Waals surface area contributed by atoms with Crippen molar-refractivity contribution in [3.63, 3.8) is 0 Å². The van der Waals surface area contributed by atoms with Crippen molar-refractivity contribution in [3.05, 3.63) is 71.3 Å². The van der Waals surface area contributed by atoms with Crippen molar-refractivity contribution in [2.24, 2.45) is 5.73 Å². The van der Waals surface area contributed by atoms with Crippen molar-refractivity contribution in [1.82, 2.24) is 0 Å². The van der Waals surface area contributed by atoms with Gasteiger partial charge in [0.1, 0.15) is 0 Å². The minimum absolute atomic E-state index is 0.161. The van der Waals surface area contributed by atoms with Crippen LogP contribution >= 0.6 is 0 Å². The van der Waals surface area contributed by atoms with Crippen LogP contribution in [-0.2, 0) is 6.42 Å². The van der Waals surface area contributed by atoms with Crippen LogP contribution in [0.1, 0.15) is 29.5 Å². The van der Waals surface area contributed by atoms with Gasteiger partial charge in [-0.3, -0.25) is 0 Å². The maximum atomic E-state index is 6.33. The Balaban J connectivity index is 2.06. The Labute approximate surface area is 110 Å². The van der Waals surface area contributed by atoms with Crippen LogP contribution in [0.4, 0.5) is 0 Å². The average molecular weight is 239 g/mol. The number of hydrogen-bond donors (Lipinski definition) is 1. The molecule has 1 nitrogen and oxygen atoms in total. The Morgan fingerprint density at radius 2 is 1.72 bits per heavy atom. The van der Waals surface area contributed by atoms with E-state index in [9.17, 15) is 0 Å². The first-order chi connectivity index (χ1) is 8.66. The molecule has 2 atom stereocenters. The van der Waals surface area contributed by atoms with Crippen molar-refractivity contribution >= 4 is 0 Å². The number of benzene rings is 2. The van der Waals surface area contributed by atoms with Gasteiger partial charge < -0.3 is 5.73 Å². The third-order valence-electron chi connectivity index (χ3n) is 3.52. The molecule has 0 fully saturated rings. The molecule has 0 aromatic heterocycles. The Kier molecular flexibility index (Phi) is 4.16. The molecule has 0 amide bonds. The standard InChI is InChI=1S/C17H21N/c1-13-7-6-8-15(11-13)12-17(18)14(2)16-9-4-3-5-10-16/h3-11,14,17H,12,18H2,1-2H3. The number of aryl methyl sites for hydroxylation is 1. The largest absolute Gasteiger partial charge is 0.327 e. The molecule has 0 bridgehead atoms. The Morgan fingerprint density at radius 3 is 2.39 bits per heavy atom. The second-order valence-electron chi connectivity index (χ2n) is 5.06. The van der Waals surface area contributed by atoms with Gasteiger partial charge in [0.2, 0.25) is 0 Å². The predicted octanol–water partition coefficient (Wildman–Crippen LogP) is 3.67. The molecule has 2 aromatic carbocycles.